The van der Waals surface area contributed by atoms with Crippen molar-refractivity contribution >= 4 is 11.9 Å². The average Bonchev–Trinajstić information content (AvgIpc) is 2.52. The largest absolute Gasteiger partial charge is 0.334 e. The topological polar surface area (TPSA) is 61.4 Å². The zero-order valence-corrected chi connectivity index (χ0v) is 13.2. The molecule has 0 saturated carbocycles. The van der Waals surface area contributed by atoms with E-state index in [2.05, 4.69) is 22.5 Å². The predicted octanol–water partition coefficient (Wildman–Crippen LogP) is 2.13. The van der Waals surface area contributed by atoms with Crippen LogP contribution in [-0.4, -0.2) is 36.5 Å². The van der Waals surface area contributed by atoms with E-state index in [-0.39, 0.29) is 5.91 Å². The molecule has 22 heavy (non-hydrogen) atoms. The summed E-state index contributed by atoms with van der Waals surface area (Å²) in [7, 11) is 0. The van der Waals surface area contributed by atoms with Crippen molar-refractivity contribution in [1.82, 2.24) is 15.5 Å². The standard InChI is InChI=1S/C17H25N3O2/c1-14-6-5-10-20(13-14)11-9-16(21)19-17(22)18-12-15-7-3-2-4-8-15/h2-4,7-8,14H,5-6,9-13H2,1H3,(H2,18,19,21,22). The Kier molecular flexibility index (Phi) is 6.40. The lowest BCUT2D eigenvalue weighted by molar-refractivity contribution is -0.120. The van der Waals surface area contributed by atoms with Crippen LogP contribution in [0.4, 0.5) is 4.79 Å². The quantitative estimate of drug-likeness (QED) is 0.876. The summed E-state index contributed by atoms with van der Waals surface area (Å²) in [5.41, 5.74) is 1.01. The van der Waals surface area contributed by atoms with Crippen LogP contribution in [0.3, 0.4) is 0 Å². The second kappa shape index (κ2) is 8.54. The fraction of sp³-hybridized carbons (Fsp3) is 0.529. The number of nitrogens with one attached hydrogen (secondary N) is 2. The van der Waals surface area contributed by atoms with Crippen LogP contribution < -0.4 is 10.6 Å². The van der Waals surface area contributed by atoms with Gasteiger partial charge in [-0.15, -0.1) is 0 Å². The van der Waals surface area contributed by atoms with E-state index in [4.69, 9.17) is 0 Å². The third-order valence-electron chi connectivity index (χ3n) is 3.95. The summed E-state index contributed by atoms with van der Waals surface area (Å²) < 4.78 is 0. The molecular weight excluding hydrogens is 278 g/mol. The molecule has 1 aromatic carbocycles. The molecule has 5 nitrogen and oxygen atoms in total. The molecule has 1 atom stereocenters. The van der Waals surface area contributed by atoms with Crippen LogP contribution in [0.1, 0.15) is 31.7 Å². The van der Waals surface area contributed by atoms with Gasteiger partial charge in [-0.2, -0.15) is 0 Å². The van der Waals surface area contributed by atoms with Crippen LogP contribution in [0.5, 0.6) is 0 Å². The summed E-state index contributed by atoms with van der Waals surface area (Å²) in [6, 6.07) is 9.19. The molecule has 1 unspecified atom stereocenters. The molecule has 2 N–H and O–H groups in total. The number of hydrogen-bond donors (Lipinski definition) is 2. The zero-order chi connectivity index (χ0) is 15.8. The maximum absolute atomic E-state index is 11.8. The Balaban J connectivity index is 1.62. The van der Waals surface area contributed by atoms with Crippen LogP contribution in [-0.2, 0) is 11.3 Å². The van der Waals surface area contributed by atoms with Crippen LogP contribution >= 0.6 is 0 Å². The highest BCUT2D eigenvalue weighted by molar-refractivity contribution is 5.94. The van der Waals surface area contributed by atoms with Crippen LogP contribution in [0.2, 0.25) is 0 Å². The van der Waals surface area contributed by atoms with E-state index in [0.717, 1.165) is 25.2 Å². The highest BCUT2D eigenvalue weighted by Crippen LogP contribution is 2.15. The van der Waals surface area contributed by atoms with Gasteiger partial charge in [0.25, 0.3) is 0 Å². The second-order valence-corrected chi connectivity index (χ2v) is 6.01. The number of benzene rings is 1. The summed E-state index contributed by atoms with van der Waals surface area (Å²) in [5, 5.41) is 5.08. The lowest BCUT2D eigenvalue weighted by atomic mass is 10.0. The normalized spacial score (nSPS) is 18.7. The van der Waals surface area contributed by atoms with Gasteiger partial charge in [0, 0.05) is 26.1 Å². The van der Waals surface area contributed by atoms with Crippen molar-refractivity contribution in [2.75, 3.05) is 19.6 Å². The van der Waals surface area contributed by atoms with Gasteiger partial charge in [0.2, 0.25) is 5.91 Å². The molecule has 1 saturated heterocycles. The maximum Gasteiger partial charge on any atom is 0.321 e. The van der Waals surface area contributed by atoms with Crippen molar-refractivity contribution in [2.45, 2.75) is 32.7 Å². The molecule has 0 spiro atoms. The summed E-state index contributed by atoms with van der Waals surface area (Å²) in [6.45, 7) is 5.49. The van der Waals surface area contributed by atoms with Gasteiger partial charge < -0.3 is 10.2 Å². The van der Waals surface area contributed by atoms with E-state index >= 15 is 0 Å². The van der Waals surface area contributed by atoms with Crippen molar-refractivity contribution in [2.24, 2.45) is 5.92 Å². The van der Waals surface area contributed by atoms with Crippen molar-refractivity contribution in [1.29, 1.82) is 0 Å². The summed E-state index contributed by atoms with van der Waals surface area (Å²) in [6.07, 6.45) is 2.83. The fourth-order valence-corrected chi connectivity index (χ4v) is 2.76. The minimum absolute atomic E-state index is 0.219. The Morgan fingerprint density at radius 1 is 1.27 bits per heavy atom. The number of carbonyl (C=O) groups is 2. The lowest BCUT2D eigenvalue weighted by Gasteiger charge is -2.30. The molecule has 3 amide bonds. The minimum Gasteiger partial charge on any atom is -0.334 e. The molecule has 1 aliphatic heterocycles. The van der Waals surface area contributed by atoms with Crippen molar-refractivity contribution in [3.8, 4) is 0 Å². The van der Waals surface area contributed by atoms with E-state index in [1.165, 1.54) is 12.8 Å². The molecule has 1 heterocycles. The van der Waals surface area contributed by atoms with E-state index < -0.39 is 6.03 Å². The van der Waals surface area contributed by atoms with Gasteiger partial charge in [-0.05, 0) is 30.9 Å². The van der Waals surface area contributed by atoms with E-state index in [1.807, 2.05) is 30.3 Å². The van der Waals surface area contributed by atoms with Crippen LogP contribution in [0, 0.1) is 5.92 Å². The number of rotatable bonds is 5. The minimum atomic E-state index is -0.430. The highest BCUT2D eigenvalue weighted by Gasteiger charge is 2.17. The van der Waals surface area contributed by atoms with Crippen LogP contribution in [0.25, 0.3) is 0 Å². The molecule has 2 rings (SSSR count). The number of carbonyl (C=O) groups excluding carboxylic acids is 2. The molecule has 1 fully saturated rings. The number of likely N-dealkylation sites (tertiary alicyclic amines) is 1. The Morgan fingerprint density at radius 3 is 2.77 bits per heavy atom. The first-order valence-corrected chi connectivity index (χ1v) is 7.97. The monoisotopic (exact) mass is 303 g/mol. The highest BCUT2D eigenvalue weighted by atomic mass is 16.2. The summed E-state index contributed by atoms with van der Waals surface area (Å²) in [5.74, 6) is 0.481. The van der Waals surface area contributed by atoms with Gasteiger partial charge in [0.05, 0.1) is 0 Å². The van der Waals surface area contributed by atoms with Gasteiger partial charge in [-0.1, -0.05) is 37.3 Å². The Labute approximate surface area is 132 Å². The molecular formula is C17H25N3O2. The average molecular weight is 303 g/mol. The third kappa shape index (κ3) is 5.85. The number of nitrogens with zero attached hydrogens (tertiary/aromatic N) is 1. The Morgan fingerprint density at radius 2 is 2.05 bits per heavy atom. The van der Waals surface area contributed by atoms with Gasteiger partial charge in [0.1, 0.15) is 0 Å². The molecule has 0 aromatic heterocycles. The van der Waals surface area contributed by atoms with E-state index in [0.29, 0.717) is 18.9 Å². The molecule has 1 aromatic rings. The molecule has 120 valence electrons. The van der Waals surface area contributed by atoms with Gasteiger partial charge >= 0.3 is 6.03 Å². The van der Waals surface area contributed by atoms with Crippen molar-refractivity contribution in [3.05, 3.63) is 35.9 Å². The van der Waals surface area contributed by atoms with Gasteiger partial charge in [-0.25, -0.2) is 4.79 Å². The summed E-state index contributed by atoms with van der Waals surface area (Å²) in [4.78, 5) is 25.8. The van der Waals surface area contributed by atoms with E-state index in [9.17, 15) is 9.59 Å². The van der Waals surface area contributed by atoms with Crippen molar-refractivity contribution < 1.29 is 9.59 Å². The number of piperidine rings is 1. The van der Waals surface area contributed by atoms with Crippen LogP contribution in [0.15, 0.2) is 30.3 Å². The first-order chi connectivity index (χ1) is 10.6. The first kappa shape index (κ1) is 16.5. The number of amides is 3. The maximum atomic E-state index is 11.8. The molecule has 0 bridgehead atoms. The Hall–Kier alpha value is -1.88. The molecule has 1 aliphatic rings. The second-order valence-electron chi connectivity index (χ2n) is 6.01. The first-order valence-electron chi connectivity index (χ1n) is 7.97. The number of hydrogen-bond acceptors (Lipinski definition) is 3. The molecule has 0 radical (unpaired) electrons. The van der Waals surface area contributed by atoms with Crippen molar-refractivity contribution in [3.63, 3.8) is 0 Å². The fourth-order valence-electron chi connectivity index (χ4n) is 2.76. The van der Waals surface area contributed by atoms with E-state index in [1.54, 1.807) is 0 Å². The molecule has 0 aliphatic carbocycles. The smallest absolute Gasteiger partial charge is 0.321 e. The third-order valence-corrected chi connectivity index (χ3v) is 3.95. The predicted molar refractivity (Wildman–Crippen MR) is 86.3 cm³/mol. The zero-order valence-electron chi connectivity index (χ0n) is 13.2. The summed E-state index contributed by atoms with van der Waals surface area (Å²) >= 11 is 0. The molecule has 5 heteroatoms. The number of imide groups is 1. The Bertz CT molecular complexity index is 490. The SMILES string of the molecule is CC1CCCN(CCC(=O)NC(=O)NCc2ccccc2)C1. The van der Waals surface area contributed by atoms with Gasteiger partial charge in [0.15, 0.2) is 0 Å². The van der Waals surface area contributed by atoms with Gasteiger partial charge in [-0.3, -0.25) is 10.1 Å². The lowest BCUT2D eigenvalue weighted by Crippen LogP contribution is -2.41. The number of urea groups is 1.